The maximum absolute atomic E-state index is 3.24. The summed E-state index contributed by atoms with van der Waals surface area (Å²) in [5, 5.41) is 1.26. The van der Waals surface area contributed by atoms with Gasteiger partial charge in [-0.25, -0.2) is 0 Å². The number of rotatable bonds is 3. The molecule has 0 radical (unpaired) electrons. The molecule has 18 heavy (non-hydrogen) atoms. The van der Waals surface area contributed by atoms with E-state index in [1.54, 1.807) is 0 Å². The van der Waals surface area contributed by atoms with E-state index in [1.807, 2.05) is 0 Å². The lowest BCUT2D eigenvalue weighted by Gasteiger charge is -2.13. The Morgan fingerprint density at radius 2 is 1.94 bits per heavy atom. The fourth-order valence-electron chi connectivity index (χ4n) is 2.06. The number of hydrogen-bond acceptors (Lipinski definition) is 1. The van der Waals surface area contributed by atoms with E-state index in [4.69, 9.17) is 0 Å². The van der Waals surface area contributed by atoms with Crippen LogP contribution in [0.5, 0.6) is 0 Å². The minimum absolute atomic E-state index is 0.847. The zero-order chi connectivity index (χ0) is 13.0. The SMILES string of the molecule is CCN(CC)CC#Cc1ccc2c(ccn2C)c1. The van der Waals surface area contributed by atoms with E-state index in [2.05, 4.69) is 72.7 Å². The third-order valence-electron chi connectivity index (χ3n) is 3.32. The first-order chi connectivity index (χ1) is 8.74. The van der Waals surface area contributed by atoms with Gasteiger partial charge in [-0.1, -0.05) is 25.7 Å². The number of fused-ring (bicyclic) bond motifs is 1. The van der Waals surface area contributed by atoms with E-state index in [-0.39, 0.29) is 0 Å². The molecule has 2 rings (SSSR count). The summed E-state index contributed by atoms with van der Waals surface area (Å²) >= 11 is 0. The van der Waals surface area contributed by atoms with Crippen LogP contribution in [0.1, 0.15) is 19.4 Å². The van der Waals surface area contributed by atoms with Crippen molar-refractivity contribution in [1.82, 2.24) is 9.47 Å². The minimum Gasteiger partial charge on any atom is -0.351 e. The van der Waals surface area contributed by atoms with Crippen molar-refractivity contribution >= 4 is 10.9 Å². The number of nitrogens with zero attached hydrogens (tertiary/aromatic N) is 2. The normalized spacial score (nSPS) is 10.7. The molecule has 1 aromatic carbocycles. The van der Waals surface area contributed by atoms with Crippen molar-refractivity contribution in [3.05, 3.63) is 36.0 Å². The van der Waals surface area contributed by atoms with Gasteiger partial charge < -0.3 is 4.57 Å². The Hall–Kier alpha value is -1.72. The second-order valence-electron chi connectivity index (χ2n) is 4.46. The van der Waals surface area contributed by atoms with Gasteiger partial charge in [-0.15, -0.1) is 0 Å². The number of aryl methyl sites for hydroxylation is 1. The molecule has 94 valence electrons. The lowest BCUT2D eigenvalue weighted by molar-refractivity contribution is 0.342. The molecule has 2 nitrogen and oxygen atoms in total. The van der Waals surface area contributed by atoms with E-state index in [1.165, 1.54) is 10.9 Å². The smallest absolute Gasteiger partial charge is 0.0605 e. The maximum Gasteiger partial charge on any atom is 0.0605 e. The molecule has 0 aliphatic carbocycles. The molecule has 0 aliphatic rings. The van der Waals surface area contributed by atoms with Gasteiger partial charge in [0.15, 0.2) is 0 Å². The van der Waals surface area contributed by atoms with Crippen molar-refractivity contribution < 1.29 is 0 Å². The molecule has 0 saturated heterocycles. The van der Waals surface area contributed by atoms with Crippen LogP contribution in [0.15, 0.2) is 30.5 Å². The van der Waals surface area contributed by atoms with Crippen LogP contribution in [0.3, 0.4) is 0 Å². The van der Waals surface area contributed by atoms with Crippen LogP contribution >= 0.6 is 0 Å². The lowest BCUT2D eigenvalue weighted by Crippen LogP contribution is -2.22. The van der Waals surface area contributed by atoms with E-state index < -0.39 is 0 Å². The van der Waals surface area contributed by atoms with Crippen molar-refractivity contribution in [1.29, 1.82) is 0 Å². The molecular weight excluding hydrogens is 220 g/mol. The van der Waals surface area contributed by atoms with Gasteiger partial charge in [0.1, 0.15) is 0 Å². The van der Waals surface area contributed by atoms with Crippen LogP contribution in [-0.2, 0) is 7.05 Å². The lowest BCUT2D eigenvalue weighted by atomic mass is 10.1. The van der Waals surface area contributed by atoms with E-state index in [9.17, 15) is 0 Å². The van der Waals surface area contributed by atoms with Crippen LogP contribution in [-0.4, -0.2) is 29.1 Å². The van der Waals surface area contributed by atoms with Crippen molar-refractivity contribution in [2.45, 2.75) is 13.8 Å². The molecule has 2 aromatic rings. The van der Waals surface area contributed by atoms with Crippen molar-refractivity contribution in [2.75, 3.05) is 19.6 Å². The first-order valence-electron chi connectivity index (χ1n) is 6.51. The summed E-state index contributed by atoms with van der Waals surface area (Å²) in [6, 6.07) is 8.52. The molecule has 0 N–H and O–H groups in total. The fourth-order valence-corrected chi connectivity index (χ4v) is 2.06. The highest BCUT2D eigenvalue weighted by Crippen LogP contribution is 2.15. The van der Waals surface area contributed by atoms with Gasteiger partial charge in [0, 0.05) is 29.7 Å². The molecule has 1 aromatic heterocycles. The van der Waals surface area contributed by atoms with Gasteiger partial charge in [0.05, 0.1) is 6.54 Å². The van der Waals surface area contributed by atoms with Gasteiger partial charge in [0.2, 0.25) is 0 Å². The average molecular weight is 240 g/mol. The summed E-state index contributed by atoms with van der Waals surface area (Å²) < 4.78 is 2.13. The molecule has 0 aliphatic heterocycles. The fraction of sp³-hybridized carbons (Fsp3) is 0.375. The third-order valence-corrected chi connectivity index (χ3v) is 3.32. The summed E-state index contributed by atoms with van der Waals surface area (Å²) in [5.41, 5.74) is 2.35. The Morgan fingerprint density at radius 3 is 2.67 bits per heavy atom. The highest BCUT2D eigenvalue weighted by molar-refractivity contribution is 5.81. The molecule has 0 saturated carbocycles. The Labute approximate surface area is 109 Å². The monoisotopic (exact) mass is 240 g/mol. The van der Waals surface area contributed by atoms with Crippen LogP contribution in [0.2, 0.25) is 0 Å². The molecule has 0 atom stereocenters. The molecule has 2 heteroatoms. The molecule has 0 amide bonds. The standard InChI is InChI=1S/C16H20N2/c1-4-18(5-2)11-6-7-14-8-9-16-15(13-14)10-12-17(16)3/h8-10,12-13H,4-5,11H2,1-3H3. The topological polar surface area (TPSA) is 8.17 Å². The van der Waals surface area contributed by atoms with E-state index >= 15 is 0 Å². The highest BCUT2D eigenvalue weighted by Gasteiger charge is 1.98. The van der Waals surface area contributed by atoms with Crippen LogP contribution in [0, 0.1) is 11.8 Å². The Balaban J connectivity index is 2.15. The van der Waals surface area contributed by atoms with Gasteiger partial charge in [-0.05, 0) is 37.4 Å². The van der Waals surface area contributed by atoms with Gasteiger partial charge in [-0.2, -0.15) is 0 Å². The van der Waals surface area contributed by atoms with Crippen LogP contribution < -0.4 is 0 Å². The van der Waals surface area contributed by atoms with Crippen molar-refractivity contribution in [3.63, 3.8) is 0 Å². The summed E-state index contributed by atoms with van der Waals surface area (Å²) in [7, 11) is 2.06. The largest absolute Gasteiger partial charge is 0.351 e. The quantitative estimate of drug-likeness (QED) is 0.749. The zero-order valence-electron chi connectivity index (χ0n) is 11.4. The predicted octanol–water partition coefficient (Wildman–Crippen LogP) is 2.87. The predicted molar refractivity (Wildman–Crippen MR) is 77.6 cm³/mol. The second kappa shape index (κ2) is 5.75. The average Bonchev–Trinajstić information content (AvgIpc) is 2.76. The minimum atomic E-state index is 0.847. The molecule has 0 unspecified atom stereocenters. The summed E-state index contributed by atoms with van der Waals surface area (Å²) in [6.45, 7) is 7.30. The Morgan fingerprint density at radius 1 is 1.17 bits per heavy atom. The molecule has 0 bridgehead atoms. The van der Waals surface area contributed by atoms with Gasteiger partial charge in [-0.3, -0.25) is 4.90 Å². The van der Waals surface area contributed by atoms with Crippen LogP contribution in [0.25, 0.3) is 10.9 Å². The van der Waals surface area contributed by atoms with Crippen molar-refractivity contribution in [2.24, 2.45) is 7.05 Å². The third kappa shape index (κ3) is 2.75. The van der Waals surface area contributed by atoms with Crippen LogP contribution in [0.4, 0.5) is 0 Å². The zero-order valence-corrected chi connectivity index (χ0v) is 11.4. The number of hydrogen-bond donors (Lipinski definition) is 0. The maximum atomic E-state index is 3.24. The van der Waals surface area contributed by atoms with E-state index in [0.29, 0.717) is 0 Å². The highest BCUT2D eigenvalue weighted by atomic mass is 15.1. The van der Waals surface area contributed by atoms with Crippen molar-refractivity contribution in [3.8, 4) is 11.8 Å². The Bertz CT molecular complexity index is 580. The summed E-state index contributed by atoms with van der Waals surface area (Å²) in [4.78, 5) is 2.31. The van der Waals surface area contributed by atoms with Gasteiger partial charge >= 0.3 is 0 Å². The molecule has 0 fully saturated rings. The summed E-state index contributed by atoms with van der Waals surface area (Å²) in [5.74, 6) is 6.49. The Kier molecular flexibility index (Phi) is 4.07. The van der Waals surface area contributed by atoms with E-state index in [0.717, 1.165) is 25.2 Å². The molecular formula is C16H20N2. The molecule has 1 heterocycles. The second-order valence-corrected chi connectivity index (χ2v) is 4.46. The summed E-state index contributed by atoms with van der Waals surface area (Å²) in [6.07, 6.45) is 2.08. The number of aromatic nitrogens is 1. The van der Waals surface area contributed by atoms with Gasteiger partial charge in [0.25, 0.3) is 0 Å². The first-order valence-corrected chi connectivity index (χ1v) is 6.51. The number of benzene rings is 1. The first kappa shape index (κ1) is 12.7. The molecule has 0 spiro atoms.